The number of amides is 1. The maximum atomic E-state index is 12.8. The minimum Gasteiger partial charge on any atom is -0.337 e. The van der Waals surface area contributed by atoms with Crippen LogP contribution in [0.3, 0.4) is 0 Å². The van der Waals surface area contributed by atoms with Crippen LogP contribution in [0.5, 0.6) is 0 Å². The van der Waals surface area contributed by atoms with E-state index in [4.69, 9.17) is 0 Å². The van der Waals surface area contributed by atoms with E-state index in [1.807, 2.05) is 65.6 Å². The van der Waals surface area contributed by atoms with E-state index in [1.54, 1.807) is 29.0 Å². The van der Waals surface area contributed by atoms with Crippen molar-refractivity contribution in [3.8, 4) is 0 Å². The highest BCUT2D eigenvalue weighted by molar-refractivity contribution is 5.93. The molecule has 1 amide bonds. The van der Waals surface area contributed by atoms with Gasteiger partial charge in [0.2, 0.25) is 0 Å². The first-order valence-corrected chi connectivity index (χ1v) is 9.54. The van der Waals surface area contributed by atoms with Gasteiger partial charge in [0.25, 0.3) is 5.91 Å². The van der Waals surface area contributed by atoms with Gasteiger partial charge >= 0.3 is 0 Å². The van der Waals surface area contributed by atoms with Crippen LogP contribution in [0.15, 0.2) is 85.5 Å². The van der Waals surface area contributed by atoms with Crippen LogP contribution < -0.4 is 0 Å². The number of hydrogen-bond donors (Lipinski definition) is 0. The Morgan fingerprint density at radius 3 is 1.97 bits per heavy atom. The van der Waals surface area contributed by atoms with Gasteiger partial charge in [-0.05, 0) is 11.1 Å². The summed E-state index contributed by atoms with van der Waals surface area (Å²) in [5.41, 5.74) is 3.92. The molecule has 4 rings (SSSR count). The van der Waals surface area contributed by atoms with Crippen molar-refractivity contribution in [1.29, 1.82) is 0 Å². The fourth-order valence-corrected chi connectivity index (χ4v) is 3.24. The first-order valence-electron chi connectivity index (χ1n) is 9.54. The van der Waals surface area contributed by atoms with Crippen LogP contribution in [0, 0.1) is 0 Å². The van der Waals surface area contributed by atoms with Gasteiger partial charge in [-0.2, -0.15) is 10.2 Å². The summed E-state index contributed by atoms with van der Waals surface area (Å²) in [5.74, 6) is -0.0554. The first kappa shape index (κ1) is 18.7. The average Bonchev–Trinajstić information content (AvgIpc) is 3.38. The lowest BCUT2D eigenvalue weighted by molar-refractivity contribution is 0.0785. The lowest BCUT2D eigenvalue weighted by Gasteiger charge is -2.14. The second-order valence-corrected chi connectivity index (χ2v) is 7.11. The van der Waals surface area contributed by atoms with Gasteiger partial charge < -0.3 is 4.90 Å². The number of aromatic nitrogens is 4. The fraction of sp³-hybridized carbons (Fsp3) is 0.174. The molecule has 0 aliphatic rings. The molecule has 0 N–H and O–H groups in total. The second kappa shape index (κ2) is 8.56. The molecule has 0 bridgehead atoms. The normalized spacial score (nSPS) is 10.8. The minimum absolute atomic E-state index is 0.0554. The van der Waals surface area contributed by atoms with E-state index in [1.165, 1.54) is 5.56 Å². The summed E-state index contributed by atoms with van der Waals surface area (Å²) in [7, 11) is 1.80. The highest BCUT2D eigenvalue weighted by Crippen LogP contribution is 2.10. The zero-order valence-electron chi connectivity index (χ0n) is 16.3. The molecule has 29 heavy (non-hydrogen) atoms. The van der Waals surface area contributed by atoms with Crippen molar-refractivity contribution in [1.82, 2.24) is 24.5 Å². The minimum atomic E-state index is -0.0554. The van der Waals surface area contributed by atoms with E-state index in [-0.39, 0.29) is 5.91 Å². The Bertz CT molecular complexity index is 1070. The third-order valence-electron chi connectivity index (χ3n) is 4.71. The number of carbonyl (C=O) groups is 1. The zero-order valence-corrected chi connectivity index (χ0v) is 16.3. The van der Waals surface area contributed by atoms with Crippen molar-refractivity contribution in [2.75, 3.05) is 7.05 Å². The van der Waals surface area contributed by atoms with Crippen molar-refractivity contribution in [2.45, 2.75) is 19.6 Å². The molecule has 2 aromatic carbocycles. The predicted octanol–water partition coefficient (Wildman–Crippen LogP) is 3.45. The molecule has 4 aromatic rings. The van der Waals surface area contributed by atoms with Crippen LogP contribution in [0.25, 0.3) is 0 Å². The summed E-state index contributed by atoms with van der Waals surface area (Å²) in [6.45, 7) is 1.85. The highest BCUT2D eigenvalue weighted by Gasteiger charge is 2.15. The SMILES string of the molecule is CN(Cc1cnn(Cc2ccccc2)c1)C(=O)c1cnn(Cc2ccccc2)c1. The smallest absolute Gasteiger partial charge is 0.257 e. The molecule has 0 radical (unpaired) electrons. The molecule has 2 heterocycles. The largest absolute Gasteiger partial charge is 0.337 e. The van der Waals surface area contributed by atoms with Gasteiger partial charge in [-0.1, -0.05) is 60.7 Å². The predicted molar refractivity (Wildman–Crippen MR) is 111 cm³/mol. The highest BCUT2D eigenvalue weighted by atomic mass is 16.2. The number of rotatable bonds is 7. The molecule has 6 nitrogen and oxygen atoms in total. The number of nitrogens with zero attached hydrogens (tertiary/aromatic N) is 5. The average molecular weight is 385 g/mol. The number of carbonyl (C=O) groups excluding carboxylic acids is 1. The van der Waals surface area contributed by atoms with Crippen molar-refractivity contribution < 1.29 is 4.79 Å². The summed E-state index contributed by atoms with van der Waals surface area (Å²) < 4.78 is 3.68. The third-order valence-corrected chi connectivity index (χ3v) is 4.71. The van der Waals surface area contributed by atoms with Crippen LogP contribution in [-0.4, -0.2) is 37.4 Å². The van der Waals surface area contributed by atoms with Crippen molar-refractivity contribution >= 4 is 5.91 Å². The van der Waals surface area contributed by atoms with Crippen molar-refractivity contribution in [3.63, 3.8) is 0 Å². The Balaban J connectivity index is 1.36. The molecule has 0 saturated heterocycles. The molecule has 0 saturated carbocycles. The van der Waals surface area contributed by atoms with E-state index in [9.17, 15) is 4.79 Å². The van der Waals surface area contributed by atoms with Gasteiger partial charge in [-0.15, -0.1) is 0 Å². The van der Waals surface area contributed by atoms with E-state index in [0.717, 1.165) is 11.1 Å². The summed E-state index contributed by atoms with van der Waals surface area (Å²) in [6.07, 6.45) is 7.21. The summed E-state index contributed by atoms with van der Waals surface area (Å²) in [6, 6.07) is 20.2. The van der Waals surface area contributed by atoms with Crippen LogP contribution in [0.1, 0.15) is 27.0 Å². The molecular weight excluding hydrogens is 362 g/mol. The Morgan fingerprint density at radius 1 is 0.793 bits per heavy atom. The third kappa shape index (κ3) is 4.79. The number of hydrogen-bond acceptors (Lipinski definition) is 3. The zero-order chi connectivity index (χ0) is 20.1. The van der Waals surface area contributed by atoms with Crippen molar-refractivity contribution in [2.24, 2.45) is 0 Å². The Hall–Kier alpha value is -3.67. The van der Waals surface area contributed by atoms with E-state index >= 15 is 0 Å². The second-order valence-electron chi connectivity index (χ2n) is 7.11. The summed E-state index contributed by atoms with van der Waals surface area (Å²) >= 11 is 0. The molecule has 0 fully saturated rings. The molecule has 6 heteroatoms. The lowest BCUT2D eigenvalue weighted by atomic mass is 10.2. The topological polar surface area (TPSA) is 56.0 Å². The summed E-state index contributed by atoms with van der Waals surface area (Å²) in [5, 5.41) is 8.74. The standard InChI is InChI=1S/C23H23N5O/c1-26(14-21-12-24-27(17-21)15-19-8-4-2-5-9-19)23(29)22-13-25-28(18-22)16-20-10-6-3-7-11-20/h2-13,17-18H,14-16H2,1H3. The molecule has 0 spiro atoms. The quantitative estimate of drug-likeness (QED) is 0.490. The van der Waals surface area contributed by atoms with Gasteiger partial charge in [-0.3, -0.25) is 14.2 Å². The van der Waals surface area contributed by atoms with Crippen molar-refractivity contribution in [3.05, 3.63) is 108 Å². The maximum Gasteiger partial charge on any atom is 0.257 e. The van der Waals surface area contributed by atoms with Crippen LogP contribution in [0.2, 0.25) is 0 Å². The van der Waals surface area contributed by atoms with Crippen LogP contribution in [0.4, 0.5) is 0 Å². The Morgan fingerprint density at radius 2 is 1.34 bits per heavy atom. The monoisotopic (exact) mass is 385 g/mol. The first-order chi connectivity index (χ1) is 14.2. The Labute approximate surface area is 170 Å². The molecule has 2 aromatic heterocycles. The van der Waals surface area contributed by atoms with E-state index < -0.39 is 0 Å². The number of benzene rings is 2. The van der Waals surface area contributed by atoms with Gasteiger partial charge in [0.05, 0.1) is 31.0 Å². The maximum absolute atomic E-state index is 12.8. The molecule has 146 valence electrons. The lowest BCUT2D eigenvalue weighted by Crippen LogP contribution is -2.25. The molecular formula is C23H23N5O. The molecule has 0 aliphatic heterocycles. The Kier molecular flexibility index (Phi) is 5.52. The van der Waals surface area contributed by atoms with Gasteiger partial charge in [0, 0.05) is 31.5 Å². The van der Waals surface area contributed by atoms with Gasteiger partial charge in [0.1, 0.15) is 0 Å². The summed E-state index contributed by atoms with van der Waals surface area (Å²) in [4.78, 5) is 14.4. The van der Waals surface area contributed by atoms with Gasteiger partial charge in [-0.25, -0.2) is 0 Å². The molecule has 0 atom stereocenters. The van der Waals surface area contributed by atoms with Crippen LogP contribution >= 0.6 is 0 Å². The molecule has 0 aliphatic carbocycles. The van der Waals surface area contributed by atoms with E-state index in [2.05, 4.69) is 22.3 Å². The van der Waals surface area contributed by atoms with E-state index in [0.29, 0.717) is 25.2 Å². The van der Waals surface area contributed by atoms with Crippen LogP contribution in [-0.2, 0) is 19.6 Å². The van der Waals surface area contributed by atoms with Gasteiger partial charge in [0.15, 0.2) is 0 Å². The fourth-order valence-electron chi connectivity index (χ4n) is 3.24. The molecule has 0 unspecified atom stereocenters.